The maximum absolute atomic E-state index is 13.0. The lowest BCUT2D eigenvalue weighted by molar-refractivity contribution is -0.116. The van der Waals surface area contributed by atoms with E-state index in [0.717, 1.165) is 22.6 Å². The zero-order chi connectivity index (χ0) is 16.6. The highest BCUT2D eigenvalue weighted by Crippen LogP contribution is 2.39. The highest BCUT2D eigenvalue weighted by molar-refractivity contribution is 6.29. The van der Waals surface area contributed by atoms with Gasteiger partial charge in [-0.3, -0.25) is 4.79 Å². The van der Waals surface area contributed by atoms with Crippen molar-refractivity contribution in [2.45, 2.75) is 25.7 Å². The van der Waals surface area contributed by atoms with Crippen LogP contribution < -0.4 is 4.90 Å². The summed E-state index contributed by atoms with van der Waals surface area (Å²) in [7, 11) is 0. The molecule has 0 unspecified atom stereocenters. The van der Waals surface area contributed by atoms with Crippen molar-refractivity contribution < 1.29 is 9.18 Å². The molecule has 0 bridgehead atoms. The molecular weight excluding hydrogens is 317 g/mol. The summed E-state index contributed by atoms with van der Waals surface area (Å²) in [6.07, 6.45) is 0.532. The second-order valence-corrected chi connectivity index (χ2v) is 6.64. The smallest absolute Gasteiger partial charge is 0.241 e. The van der Waals surface area contributed by atoms with E-state index in [1.165, 1.54) is 12.1 Å². The molecule has 4 nitrogen and oxygen atoms in total. The molecular formula is C17H17ClFN3O. The van der Waals surface area contributed by atoms with Gasteiger partial charge in [-0.05, 0) is 23.8 Å². The van der Waals surface area contributed by atoms with E-state index in [1.807, 2.05) is 19.9 Å². The molecule has 0 radical (unpaired) electrons. The van der Waals surface area contributed by atoms with Gasteiger partial charge in [0.1, 0.15) is 11.7 Å². The average Bonchev–Trinajstić information content (AvgIpc) is 2.80. The summed E-state index contributed by atoms with van der Waals surface area (Å²) in [4.78, 5) is 13.7. The van der Waals surface area contributed by atoms with E-state index >= 15 is 0 Å². The Morgan fingerprint density at radius 2 is 2.00 bits per heavy atom. The summed E-state index contributed by atoms with van der Waals surface area (Å²) >= 11 is 5.71. The molecule has 1 aromatic carbocycles. The van der Waals surface area contributed by atoms with Crippen molar-refractivity contribution in [1.82, 2.24) is 10.2 Å². The zero-order valence-electron chi connectivity index (χ0n) is 13.0. The molecule has 0 saturated carbocycles. The average molecular weight is 334 g/mol. The summed E-state index contributed by atoms with van der Waals surface area (Å²) in [6, 6.07) is 8.15. The van der Waals surface area contributed by atoms with Crippen LogP contribution in [0.1, 0.15) is 30.8 Å². The normalized spacial score (nSPS) is 15.6. The minimum absolute atomic E-state index is 0.0643. The van der Waals surface area contributed by atoms with Gasteiger partial charge in [0.25, 0.3) is 0 Å². The van der Waals surface area contributed by atoms with Gasteiger partial charge in [0.15, 0.2) is 0 Å². The monoisotopic (exact) mass is 333 g/mol. The Morgan fingerprint density at radius 3 is 2.65 bits per heavy atom. The fourth-order valence-corrected chi connectivity index (χ4v) is 3.00. The summed E-state index contributed by atoms with van der Waals surface area (Å²) < 4.78 is 13.0. The Kier molecular flexibility index (Phi) is 4.06. The first-order valence-electron chi connectivity index (χ1n) is 7.38. The molecule has 0 fully saturated rings. The van der Waals surface area contributed by atoms with Crippen molar-refractivity contribution in [3.63, 3.8) is 0 Å². The topological polar surface area (TPSA) is 46.1 Å². The van der Waals surface area contributed by atoms with Gasteiger partial charge in [-0.1, -0.05) is 26.0 Å². The summed E-state index contributed by atoms with van der Waals surface area (Å²) in [5.41, 5.74) is 3.00. The molecule has 0 saturated heterocycles. The predicted molar refractivity (Wildman–Crippen MR) is 87.3 cm³/mol. The van der Waals surface area contributed by atoms with E-state index in [0.29, 0.717) is 13.0 Å². The number of hydrogen-bond acceptors (Lipinski definition) is 3. The van der Waals surface area contributed by atoms with Crippen LogP contribution >= 0.6 is 11.6 Å². The van der Waals surface area contributed by atoms with Crippen LogP contribution in [0.5, 0.6) is 0 Å². The molecule has 1 aliphatic heterocycles. The van der Waals surface area contributed by atoms with Crippen LogP contribution in [0, 0.1) is 5.82 Å². The molecule has 1 aromatic heterocycles. The number of hydrogen-bond donors (Lipinski definition) is 0. The van der Waals surface area contributed by atoms with Crippen molar-refractivity contribution in [1.29, 1.82) is 0 Å². The fraction of sp³-hybridized carbons (Fsp3) is 0.353. The highest BCUT2D eigenvalue weighted by atomic mass is 35.5. The first kappa shape index (κ1) is 15.9. The number of alkyl halides is 1. The maximum Gasteiger partial charge on any atom is 0.241 e. The molecule has 1 aliphatic rings. The standard InChI is InChI=1S/C17H17ClFN3O/c1-17(2)10-22(15(23)9-18)14-8-13(20-21-16(14)17)7-11-3-5-12(19)6-4-11/h3-6,8H,7,9-10H2,1-2H3. The van der Waals surface area contributed by atoms with Gasteiger partial charge in [-0.2, -0.15) is 10.2 Å². The van der Waals surface area contributed by atoms with Gasteiger partial charge < -0.3 is 4.90 Å². The van der Waals surface area contributed by atoms with E-state index in [-0.39, 0.29) is 23.0 Å². The minimum Gasteiger partial charge on any atom is -0.309 e. The lowest BCUT2D eigenvalue weighted by Gasteiger charge is -2.19. The first-order valence-corrected chi connectivity index (χ1v) is 7.92. The van der Waals surface area contributed by atoms with Gasteiger partial charge in [0.05, 0.1) is 17.1 Å². The molecule has 0 spiro atoms. The van der Waals surface area contributed by atoms with Crippen molar-refractivity contribution in [3.05, 3.63) is 53.1 Å². The lowest BCUT2D eigenvalue weighted by atomic mass is 9.91. The van der Waals surface area contributed by atoms with Gasteiger partial charge in [0, 0.05) is 18.4 Å². The Hall–Kier alpha value is -2.01. The van der Waals surface area contributed by atoms with E-state index < -0.39 is 0 Å². The molecule has 1 amide bonds. The molecule has 0 aliphatic carbocycles. The third-order valence-electron chi connectivity index (χ3n) is 4.02. The van der Waals surface area contributed by atoms with Crippen LogP contribution in [0.3, 0.4) is 0 Å². The second-order valence-electron chi connectivity index (χ2n) is 6.37. The second kappa shape index (κ2) is 5.89. The van der Waals surface area contributed by atoms with Crippen LogP contribution in [0.4, 0.5) is 10.1 Å². The van der Waals surface area contributed by atoms with Gasteiger partial charge in [-0.25, -0.2) is 4.39 Å². The number of carbonyl (C=O) groups is 1. The van der Waals surface area contributed by atoms with Gasteiger partial charge in [0.2, 0.25) is 5.91 Å². The van der Waals surface area contributed by atoms with E-state index in [2.05, 4.69) is 10.2 Å². The van der Waals surface area contributed by atoms with Crippen molar-refractivity contribution in [2.24, 2.45) is 0 Å². The zero-order valence-corrected chi connectivity index (χ0v) is 13.8. The fourth-order valence-electron chi connectivity index (χ4n) is 2.86. The molecule has 0 atom stereocenters. The summed E-state index contributed by atoms with van der Waals surface area (Å²) in [5.74, 6) is -0.473. The number of anilines is 1. The molecule has 0 N–H and O–H groups in total. The van der Waals surface area contributed by atoms with Crippen LogP contribution in [0.15, 0.2) is 30.3 Å². The number of rotatable bonds is 3. The van der Waals surface area contributed by atoms with Crippen LogP contribution in [0.2, 0.25) is 0 Å². The van der Waals surface area contributed by atoms with E-state index in [4.69, 9.17) is 11.6 Å². The largest absolute Gasteiger partial charge is 0.309 e. The number of carbonyl (C=O) groups excluding carboxylic acids is 1. The predicted octanol–water partition coefficient (Wildman–Crippen LogP) is 3.07. The molecule has 3 rings (SSSR count). The molecule has 120 valence electrons. The van der Waals surface area contributed by atoms with Crippen molar-refractivity contribution in [3.8, 4) is 0 Å². The number of halogens is 2. The third kappa shape index (κ3) is 3.06. The van der Waals surface area contributed by atoms with Crippen molar-refractivity contribution >= 4 is 23.2 Å². The van der Waals surface area contributed by atoms with Crippen LogP contribution in [-0.4, -0.2) is 28.5 Å². The number of benzene rings is 1. The Labute approximate surface area is 139 Å². The molecule has 2 aromatic rings. The van der Waals surface area contributed by atoms with Crippen LogP contribution in [0.25, 0.3) is 0 Å². The van der Waals surface area contributed by atoms with E-state index in [1.54, 1.807) is 17.0 Å². The number of aromatic nitrogens is 2. The Balaban J connectivity index is 1.94. The van der Waals surface area contributed by atoms with Crippen molar-refractivity contribution in [2.75, 3.05) is 17.3 Å². The molecule has 23 heavy (non-hydrogen) atoms. The maximum atomic E-state index is 13.0. The SMILES string of the molecule is CC1(C)CN(C(=O)CCl)c2cc(Cc3ccc(F)cc3)nnc21. The number of amides is 1. The minimum atomic E-state index is -0.269. The lowest BCUT2D eigenvalue weighted by Crippen LogP contribution is -2.34. The highest BCUT2D eigenvalue weighted by Gasteiger charge is 2.39. The number of nitrogens with zero attached hydrogens (tertiary/aromatic N) is 3. The first-order chi connectivity index (χ1) is 10.9. The van der Waals surface area contributed by atoms with Gasteiger partial charge >= 0.3 is 0 Å². The van der Waals surface area contributed by atoms with Crippen LogP contribution in [-0.2, 0) is 16.6 Å². The quantitative estimate of drug-likeness (QED) is 0.811. The van der Waals surface area contributed by atoms with E-state index in [9.17, 15) is 9.18 Å². The molecule has 6 heteroatoms. The van der Waals surface area contributed by atoms with Gasteiger partial charge in [-0.15, -0.1) is 11.6 Å². The number of fused-ring (bicyclic) bond motifs is 1. The Morgan fingerprint density at radius 1 is 1.30 bits per heavy atom. The summed E-state index contributed by atoms with van der Waals surface area (Å²) in [5, 5.41) is 8.60. The third-order valence-corrected chi connectivity index (χ3v) is 4.25. The summed E-state index contributed by atoms with van der Waals surface area (Å²) in [6.45, 7) is 4.60. The Bertz CT molecular complexity index is 746. The molecule has 2 heterocycles.